The number of hydrogen-bond acceptors (Lipinski definition) is 2. The van der Waals surface area contributed by atoms with Gasteiger partial charge in [-0.3, -0.25) is 4.79 Å². The molecular weight excluding hydrogens is 322 g/mol. The highest BCUT2D eigenvalue weighted by molar-refractivity contribution is 5.95. The predicted molar refractivity (Wildman–Crippen MR) is 103 cm³/mol. The van der Waals surface area contributed by atoms with Gasteiger partial charge in [-0.05, 0) is 68.4 Å². The quantitative estimate of drug-likeness (QED) is 0.909. The summed E-state index contributed by atoms with van der Waals surface area (Å²) in [6.07, 6.45) is 3.79. The molecule has 4 rings (SSSR count). The number of fused-ring (bicyclic) bond motifs is 2. The average molecular weight is 349 g/mol. The minimum Gasteiger partial charge on any atom is -0.396 e. The van der Waals surface area contributed by atoms with Crippen LogP contribution in [-0.4, -0.2) is 34.6 Å². The minimum atomic E-state index is -0.209. The van der Waals surface area contributed by atoms with Crippen LogP contribution in [0.3, 0.4) is 0 Å². The van der Waals surface area contributed by atoms with Crippen LogP contribution in [0.4, 0.5) is 0 Å². The monoisotopic (exact) mass is 349 g/mol. The molecule has 2 aromatic rings. The van der Waals surface area contributed by atoms with Crippen LogP contribution in [0.15, 0.2) is 48.5 Å². The number of amides is 1. The molecule has 0 saturated carbocycles. The molecule has 2 heterocycles. The molecule has 2 aliphatic rings. The molecule has 3 heteroatoms. The SMILES string of the molecule is Cc1ccc(C(=O)N2[C@H]3CC[C@@H]2[C@@](CO)(Cc2ccccc2)C3)cc1C. The highest BCUT2D eigenvalue weighted by atomic mass is 16.3. The first-order valence-electron chi connectivity index (χ1n) is 9.59. The summed E-state index contributed by atoms with van der Waals surface area (Å²) in [5.41, 5.74) is 4.17. The summed E-state index contributed by atoms with van der Waals surface area (Å²) in [5, 5.41) is 10.3. The van der Waals surface area contributed by atoms with Gasteiger partial charge in [-0.25, -0.2) is 0 Å². The van der Waals surface area contributed by atoms with Gasteiger partial charge in [-0.2, -0.15) is 0 Å². The van der Waals surface area contributed by atoms with E-state index in [9.17, 15) is 9.90 Å². The summed E-state index contributed by atoms with van der Waals surface area (Å²) in [7, 11) is 0. The Kier molecular flexibility index (Phi) is 4.36. The second-order valence-corrected chi connectivity index (χ2v) is 8.15. The van der Waals surface area contributed by atoms with E-state index in [1.54, 1.807) is 0 Å². The van der Waals surface area contributed by atoms with Gasteiger partial charge in [0.15, 0.2) is 0 Å². The molecule has 2 bridgehead atoms. The first-order chi connectivity index (χ1) is 12.5. The Morgan fingerprint density at radius 3 is 2.58 bits per heavy atom. The molecule has 2 aromatic carbocycles. The van der Waals surface area contributed by atoms with Crippen LogP contribution in [0.5, 0.6) is 0 Å². The van der Waals surface area contributed by atoms with Crippen LogP contribution in [0.2, 0.25) is 0 Å². The molecule has 0 unspecified atom stereocenters. The summed E-state index contributed by atoms with van der Waals surface area (Å²) in [6.45, 7) is 4.26. The maximum Gasteiger partial charge on any atom is 0.254 e. The number of aliphatic hydroxyl groups is 1. The van der Waals surface area contributed by atoms with Gasteiger partial charge in [0.05, 0.1) is 6.61 Å². The Labute approximate surface area is 155 Å². The zero-order valence-electron chi connectivity index (χ0n) is 15.6. The summed E-state index contributed by atoms with van der Waals surface area (Å²) < 4.78 is 0. The fourth-order valence-electron chi connectivity index (χ4n) is 5.04. The smallest absolute Gasteiger partial charge is 0.254 e. The summed E-state index contributed by atoms with van der Waals surface area (Å²) in [4.78, 5) is 15.4. The molecule has 3 atom stereocenters. The van der Waals surface area contributed by atoms with E-state index < -0.39 is 0 Å². The Balaban J connectivity index is 1.62. The number of hydrogen-bond donors (Lipinski definition) is 1. The van der Waals surface area contributed by atoms with Crippen LogP contribution in [-0.2, 0) is 6.42 Å². The summed E-state index contributed by atoms with van der Waals surface area (Å²) in [5.74, 6) is 0.129. The van der Waals surface area contributed by atoms with Gasteiger partial charge in [-0.15, -0.1) is 0 Å². The van der Waals surface area contributed by atoms with E-state index in [0.717, 1.165) is 36.8 Å². The Morgan fingerprint density at radius 2 is 1.88 bits per heavy atom. The molecule has 0 aromatic heterocycles. The number of benzene rings is 2. The van der Waals surface area contributed by atoms with E-state index in [-0.39, 0.29) is 30.0 Å². The highest BCUT2D eigenvalue weighted by Gasteiger charge is 2.57. The maximum absolute atomic E-state index is 13.3. The molecule has 136 valence electrons. The second-order valence-electron chi connectivity index (χ2n) is 8.15. The molecule has 2 fully saturated rings. The van der Waals surface area contributed by atoms with Gasteiger partial charge in [0.2, 0.25) is 0 Å². The Bertz CT molecular complexity index is 816. The average Bonchev–Trinajstić information content (AvgIpc) is 3.20. The third-order valence-electron chi connectivity index (χ3n) is 6.55. The fourth-order valence-corrected chi connectivity index (χ4v) is 5.04. The zero-order chi connectivity index (χ0) is 18.3. The number of aliphatic hydroxyl groups excluding tert-OH is 1. The molecule has 26 heavy (non-hydrogen) atoms. The van der Waals surface area contributed by atoms with Crippen LogP contribution in [0.1, 0.15) is 46.3 Å². The van der Waals surface area contributed by atoms with E-state index in [2.05, 4.69) is 30.9 Å². The Hall–Kier alpha value is -2.13. The van der Waals surface area contributed by atoms with Crippen molar-refractivity contribution in [3.63, 3.8) is 0 Å². The van der Waals surface area contributed by atoms with Crippen molar-refractivity contribution in [1.82, 2.24) is 4.90 Å². The summed E-state index contributed by atoms with van der Waals surface area (Å²) >= 11 is 0. The van der Waals surface area contributed by atoms with Crippen LogP contribution in [0.25, 0.3) is 0 Å². The third-order valence-corrected chi connectivity index (χ3v) is 6.55. The van der Waals surface area contributed by atoms with Crippen molar-refractivity contribution in [2.75, 3.05) is 6.61 Å². The molecule has 0 spiro atoms. The molecule has 0 aliphatic carbocycles. The molecular formula is C23H27NO2. The lowest BCUT2D eigenvalue weighted by Gasteiger charge is -2.36. The van der Waals surface area contributed by atoms with Gasteiger partial charge in [0.1, 0.15) is 0 Å². The second kappa shape index (κ2) is 6.55. The first kappa shape index (κ1) is 17.3. The van der Waals surface area contributed by atoms with Gasteiger partial charge in [0.25, 0.3) is 5.91 Å². The van der Waals surface area contributed by atoms with Crippen LogP contribution in [0, 0.1) is 19.3 Å². The van der Waals surface area contributed by atoms with Crippen LogP contribution >= 0.6 is 0 Å². The molecule has 3 nitrogen and oxygen atoms in total. The predicted octanol–water partition coefficient (Wildman–Crippen LogP) is 3.90. The largest absolute Gasteiger partial charge is 0.396 e. The number of carbonyl (C=O) groups excluding carboxylic acids is 1. The van der Waals surface area contributed by atoms with Gasteiger partial charge in [-0.1, -0.05) is 36.4 Å². The fraction of sp³-hybridized carbons (Fsp3) is 0.435. The molecule has 2 aliphatic heterocycles. The molecule has 1 amide bonds. The van der Waals surface area contributed by atoms with E-state index in [1.165, 1.54) is 11.1 Å². The standard InChI is InChI=1S/C23H27NO2/c1-16-8-9-19(12-17(16)2)22(26)24-20-10-11-21(24)23(14-20,15-25)13-18-6-4-3-5-7-18/h3-9,12,20-21,25H,10-11,13-15H2,1-2H3/t20-,21+,23-/m0/s1. The van der Waals surface area contributed by atoms with E-state index in [4.69, 9.17) is 0 Å². The van der Waals surface area contributed by atoms with Gasteiger partial charge in [0, 0.05) is 23.1 Å². The zero-order valence-corrected chi connectivity index (χ0v) is 15.6. The van der Waals surface area contributed by atoms with Gasteiger partial charge < -0.3 is 10.0 Å². The van der Waals surface area contributed by atoms with Gasteiger partial charge >= 0.3 is 0 Å². The Morgan fingerprint density at radius 1 is 1.12 bits per heavy atom. The number of carbonyl (C=O) groups is 1. The van der Waals surface area contributed by atoms with Crippen molar-refractivity contribution >= 4 is 5.91 Å². The van der Waals surface area contributed by atoms with Crippen LogP contribution < -0.4 is 0 Å². The normalized spacial score (nSPS) is 27.1. The summed E-state index contributed by atoms with van der Waals surface area (Å²) in [6, 6.07) is 16.7. The maximum atomic E-state index is 13.3. The van der Waals surface area contributed by atoms with Crippen molar-refractivity contribution in [3.05, 3.63) is 70.8 Å². The lowest BCUT2D eigenvalue weighted by molar-refractivity contribution is 0.0571. The number of nitrogens with zero attached hydrogens (tertiary/aromatic N) is 1. The molecule has 0 radical (unpaired) electrons. The molecule has 1 N–H and O–H groups in total. The van der Waals surface area contributed by atoms with Crippen molar-refractivity contribution in [2.24, 2.45) is 5.41 Å². The lowest BCUT2D eigenvalue weighted by Crippen LogP contribution is -2.44. The minimum absolute atomic E-state index is 0.129. The number of aryl methyl sites for hydroxylation is 2. The van der Waals surface area contributed by atoms with Crippen molar-refractivity contribution < 1.29 is 9.90 Å². The van der Waals surface area contributed by atoms with Crippen molar-refractivity contribution in [3.8, 4) is 0 Å². The van der Waals surface area contributed by atoms with E-state index in [1.807, 2.05) is 36.4 Å². The molecule has 2 saturated heterocycles. The highest BCUT2D eigenvalue weighted by Crippen LogP contribution is 2.51. The number of rotatable bonds is 4. The van der Waals surface area contributed by atoms with E-state index in [0.29, 0.717) is 0 Å². The third kappa shape index (κ3) is 2.75. The van der Waals surface area contributed by atoms with Crippen molar-refractivity contribution in [1.29, 1.82) is 0 Å². The van der Waals surface area contributed by atoms with Crippen molar-refractivity contribution in [2.45, 2.75) is 51.6 Å². The first-order valence-corrected chi connectivity index (χ1v) is 9.59. The van der Waals surface area contributed by atoms with E-state index >= 15 is 0 Å². The lowest BCUT2D eigenvalue weighted by atomic mass is 9.70. The topological polar surface area (TPSA) is 40.5 Å².